The van der Waals surface area contributed by atoms with Crippen molar-refractivity contribution in [1.29, 1.82) is 0 Å². The van der Waals surface area contributed by atoms with Crippen molar-refractivity contribution in [2.45, 2.75) is 64.8 Å². The number of nitrogens with zero attached hydrogens (tertiary/aromatic N) is 1. The van der Waals surface area contributed by atoms with Crippen LogP contribution < -0.4 is 15.0 Å². The molecular weight excluding hydrogens is 376 g/mol. The third-order valence-corrected chi connectivity index (χ3v) is 8.48. The van der Waals surface area contributed by atoms with Crippen LogP contribution in [0, 0.1) is 36.0 Å². The first kappa shape index (κ1) is 19.9. The van der Waals surface area contributed by atoms with Gasteiger partial charge in [-0.3, -0.25) is 9.59 Å². The first-order valence-electron chi connectivity index (χ1n) is 11.6. The highest BCUT2D eigenvalue weighted by atomic mass is 16.5. The molecule has 1 aliphatic heterocycles. The maximum Gasteiger partial charge on any atom is 0.227 e. The normalized spacial score (nSPS) is 35.6. The average molecular weight is 411 g/mol. The van der Waals surface area contributed by atoms with Crippen LogP contribution in [-0.4, -0.2) is 31.5 Å². The molecule has 5 heteroatoms. The highest BCUT2D eigenvalue weighted by Crippen LogP contribution is 2.61. The molecule has 2 unspecified atom stereocenters. The molecule has 4 aliphatic carbocycles. The van der Waals surface area contributed by atoms with Crippen LogP contribution in [0.4, 0.5) is 5.69 Å². The summed E-state index contributed by atoms with van der Waals surface area (Å²) in [4.78, 5) is 27.7. The quantitative estimate of drug-likeness (QED) is 0.796. The van der Waals surface area contributed by atoms with Crippen molar-refractivity contribution < 1.29 is 14.3 Å². The van der Waals surface area contributed by atoms with E-state index < -0.39 is 0 Å². The molecule has 1 saturated heterocycles. The molecule has 5 aliphatic rings. The van der Waals surface area contributed by atoms with Crippen molar-refractivity contribution in [3.63, 3.8) is 0 Å². The number of methoxy groups -OCH3 is 1. The Bertz CT molecular complexity index is 829. The van der Waals surface area contributed by atoms with E-state index >= 15 is 0 Å². The molecular formula is C25H34N2O3. The van der Waals surface area contributed by atoms with E-state index in [1.807, 2.05) is 25.1 Å². The molecule has 4 saturated carbocycles. The molecule has 0 radical (unpaired) electrons. The SMILES string of the molecule is COc1ccc(C)cc1N1CC(C(=O)NC(C)C23CC4CC(CC(C4)C2)C3)CC1=O. The Morgan fingerprint density at radius 2 is 1.80 bits per heavy atom. The number of aryl methyl sites for hydroxylation is 1. The summed E-state index contributed by atoms with van der Waals surface area (Å²) in [5, 5.41) is 3.36. The van der Waals surface area contributed by atoms with Crippen LogP contribution in [0.5, 0.6) is 5.75 Å². The minimum Gasteiger partial charge on any atom is -0.495 e. The van der Waals surface area contributed by atoms with Crippen LogP contribution in [0.3, 0.4) is 0 Å². The van der Waals surface area contributed by atoms with Crippen LogP contribution in [0.15, 0.2) is 18.2 Å². The lowest BCUT2D eigenvalue weighted by Crippen LogP contribution is -2.56. The fourth-order valence-electron chi connectivity index (χ4n) is 7.32. The molecule has 5 fully saturated rings. The Labute approximate surface area is 179 Å². The van der Waals surface area contributed by atoms with Gasteiger partial charge in [-0.1, -0.05) is 6.07 Å². The van der Waals surface area contributed by atoms with E-state index in [0.29, 0.717) is 12.3 Å². The number of amides is 2. The number of benzene rings is 1. The Hall–Kier alpha value is -2.04. The Balaban J connectivity index is 1.27. The van der Waals surface area contributed by atoms with Crippen molar-refractivity contribution in [3.05, 3.63) is 23.8 Å². The molecule has 0 aromatic heterocycles. The van der Waals surface area contributed by atoms with Crippen LogP contribution in [-0.2, 0) is 9.59 Å². The highest BCUT2D eigenvalue weighted by Gasteiger charge is 2.53. The van der Waals surface area contributed by atoms with E-state index in [2.05, 4.69) is 12.2 Å². The predicted molar refractivity (Wildman–Crippen MR) is 116 cm³/mol. The van der Waals surface area contributed by atoms with Gasteiger partial charge in [-0.25, -0.2) is 0 Å². The van der Waals surface area contributed by atoms with E-state index in [1.165, 1.54) is 38.5 Å². The maximum absolute atomic E-state index is 13.2. The first-order chi connectivity index (χ1) is 14.4. The Morgan fingerprint density at radius 1 is 1.17 bits per heavy atom. The molecule has 6 rings (SSSR count). The van der Waals surface area contributed by atoms with Gasteiger partial charge in [0.2, 0.25) is 11.8 Å². The molecule has 5 nitrogen and oxygen atoms in total. The number of carbonyl (C=O) groups is 2. The summed E-state index contributed by atoms with van der Waals surface area (Å²) >= 11 is 0. The van der Waals surface area contributed by atoms with E-state index in [4.69, 9.17) is 4.74 Å². The van der Waals surface area contributed by atoms with Crippen LogP contribution in [0.2, 0.25) is 0 Å². The van der Waals surface area contributed by atoms with Gasteiger partial charge in [0, 0.05) is 19.0 Å². The zero-order chi connectivity index (χ0) is 21.0. The highest BCUT2D eigenvalue weighted by molar-refractivity contribution is 6.01. The number of nitrogens with one attached hydrogen (secondary N) is 1. The summed E-state index contributed by atoms with van der Waals surface area (Å²) in [5.74, 6) is 3.03. The van der Waals surface area contributed by atoms with Crippen molar-refractivity contribution in [3.8, 4) is 5.75 Å². The fourth-order valence-corrected chi connectivity index (χ4v) is 7.32. The van der Waals surface area contributed by atoms with E-state index in [1.54, 1.807) is 12.0 Å². The van der Waals surface area contributed by atoms with Crippen molar-refractivity contribution >= 4 is 17.5 Å². The second kappa shape index (κ2) is 7.28. The molecule has 0 spiro atoms. The standard InChI is InChI=1S/C25H34N2O3/c1-15-4-5-22(30-3)21(6-15)27-14-20(10-23(27)28)24(29)26-16(2)25-11-17-7-18(12-25)9-19(8-17)13-25/h4-6,16-20H,7-14H2,1-3H3,(H,26,29). The second-order valence-corrected chi connectivity index (χ2v) is 10.6. The maximum atomic E-state index is 13.2. The zero-order valence-corrected chi connectivity index (χ0v) is 18.4. The number of anilines is 1. The van der Waals surface area contributed by atoms with Gasteiger partial charge in [-0.15, -0.1) is 0 Å². The summed E-state index contributed by atoms with van der Waals surface area (Å²) in [6, 6.07) is 6.02. The lowest BCUT2D eigenvalue weighted by Gasteiger charge is -2.59. The summed E-state index contributed by atoms with van der Waals surface area (Å²) in [6.07, 6.45) is 8.32. The van der Waals surface area contributed by atoms with Crippen molar-refractivity contribution in [2.24, 2.45) is 29.1 Å². The topological polar surface area (TPSA) is 58.6 Å². The molecule has 162 valence electrons. The zero-order valence-electron chi connectivity index (χ0n) is 18.4. The molecule has 2 amide bonds. The minimum absolute atomic E-state index is 0.00140. The number of rotatable bonds is 5. The molecule has 30 heavy (non-hydrogen) atoms. The Morgan fingerprint density at radius 3 is 2.40 bits per heavy atom. The average Bonchev–Trinajstić information content (AvgIpc) is 3.08. The third-order valence-electron chi connectivity index (χ3n) is 8.48. The van der Waals surface area contributed by atoms with Gasteiger partial charge in [0.25, 0.3) is 0 Å². The molecule has 1 aromatic rings. The first-order valence-corrected chi connectivity index (χ1v) is 11.6. The largest absolute Gasteiger partial charge is 0.495 e. The monoisotopic (exact) mass is 410 g/mol. The van der Waals surface area contributed by atoms with E-state index in [9.17, 15) is 9.59 Å². The van der Waals surface area contributed by atoms with E-state index in [-0.39, 0.29) is 35.6 Å². The predicted octanol–water partition coefficient (Wildman–Crippen LogP) is 4.08. The minimum atomic E-state index is -0.293. The van der Waals surface area contributed by atoms with Gasteiger partial charge in [-0.05, 0) is 93.2 Å². The van der Waals surface area contributed by atoms with Gasteiger partial charge in [0.05, 0.1) is 18.7 Å². The van der Waals surface area contributed by atoms with Gasteiger partial charge < -0.3 is 15.0 Å². The van der Waals surface area contributed by atoms with E-state index in [0.717, 1.165) is 29.0 Å². The van der Waals surface area contributed by atoms with Crippen LogP contribution in [0.25, 0.3) is 0 Å². The summed E-state index contributed by atoms with van der Waals surface area (Å²) in [5.41, 5.74) is 2.13. The Kier molecular flexibility index (Phi) is 4.83. The number of ether oxygens (including phenoxy) is 1. The van der Waals surface area contributed by atoms with Crippen molar-refractivity contribution in [1.82, 2.24) is 5.32 Å². The molecule has 1 N–H and O–H groups in total. The molecule has 1 aromatic carbocycles. The van der Waals surface area contributed by atoms with Gasteiger partial charge >= 0.3 is 0 Å². The second-order valence-electron chi connectivity index (χ2n) is 10.6. The smallest absolute Gasteiger partial charge is 0.227 e. The number of hydrogen-bond donors (Lipinski definition) is 1. The number of hydrogen-bond acceptors (Lipinski definition) is 3. The molecule has 4 bridgehead atoms. The van der Waals surface area contributed by atoms with Crippen molar-refractivity contribution in [2.75, 3.05) is 18.6 Å². The lowest BCUT2D eigenvalue weighted by molar-refractivity contribution is -0.130. The summed E-state index contributed by atoms with van der Waals surface area (Å²) < 4.78 is 5.46. The summed E-state index contributed by atoms with van der Waals surface area (Å²) in [6.45, 7) is 4.64. The van der Waals surface area contributed by atoms with Crippen LogP contribution in [0.1, 0.15) is 57.4 Å². The molecule has 2 atom stereocenters. The number of carbonyl (C=O) groups excluding carboxylic acids is 2. The fraction of sp³-hybridized carbons (Fsp3) is 0.680. The van der Waals surface area contributed by atoms with Gasteiger partial charge in [0.1, 0.15) is 5.75 Å². The van der Waals surface area contributed by atoms with Gasteiger partial charge in [0.15, 0.2) is 0 Å². The third kappa shape index (κ3) is 3.30. The van der Waals surface area contributed by atoms with Gasteiger partial charge in [-0.2, -0.15) is 0 Å². The molecule has 1 heterocycles. The lowest BCUT2D eigenvalue weighted by atomic mass is 9.48. The summed E-state index contributed by atoms with van der Waals surface area (Å²) in [7, 11) is 1.62. The van der Waals surface area contributed by atoms with Crippen LogP contribution >= 0.6 is 0 Å².